The maximum Gasteiger partial charge on any atom is 0.408 e. The number of esters is 1. The largest absolute Gasteiger partial charge is 0.457 e. The number of ketones is 1. The number of nitrogens with one attached hydrogen (secondary N) is 2. The SMILES string of the molecule is CC[C@H]1OC(=O)[C@@]2(C)CCO[C@](C)(C[C@@H](C)CC[C@H](C)[C@H]3NC(=O)O[C@@]31C)[C@H](O[C@@H]1O[C@H](CNCC3CC3)C[C@H](N(C)C)[C@H]1O)[C@@H](C)C2=O. The van der Waals surface area contributed by atoms with Gasteiger partial charge in [0.15, 0.2) is 17.7 Å². The predicted molar refractivity (Wildman–Crippen MR) is 183 cm³/mol. The van der Waals surface area contributed by atoms with E-state index in [0.29, 0.717) is 25.8 Å². The first-order chi connectivity index (χ1) is 23.0. The number of Topliss-reactive ketones (excluding diaryl/α,β-unsaturated/α-hetero) is 1. The number of nitrogens with zero attached hydrogens (tertiary/aromatic N) is 1. The van der Waals surface area contributed by atoms with Gasteiger partial charge in [-0.05, 0) is 104 Å². The zero-order valence-corrected chi connectivity index (χ0v) is 31.3. The molecule has 13 atom stereocenters. The smallest absolute Gasteiger partial charge is 0.408 e. The number of carbonyl (C=O) groups excluding carboxylic acids is 3. The van der Waals surface area contributed by atoms with E-state index in [-0.39, 0.29) is 48.8 Å². The summed E-state index contributed by atoms with van der Waals surface area (Å²) in [6, 6.07) is -0.587. The Labute approximate surface area is 293 Å². The molecule has 12 nitrogen and oxygen atoms in total. The summed E-state index contributed by atoms with van der Waals surface area (Å²) in [5, 5.41) is 18.2. The molecule has 0 aromatic rings. The fourth-order valence-electron chi connectivity index (χ4n) is 9.00. The molecule has 0 spiro atoms. The van der Waals surface area contributed by atoms with Gasteiger partial charge in [0.25, 0.3) is 0 Å². The third kappa shape index (κ3) is 7.99. The average molecular weight is 694 g/mol. The summed E-state index contributed by atoms with van der Waals surface area (Å²) in [4.78, 5) is 43.5. The molecule has 1 aliphatic carbocycles. The summed E-state index contributed by atoms with van der Waals surface area (Å²) in [5.41, 5.74) is -3.57. The molecule has 5 aliphatic heterocycles. The van der Waals surface area contributed by atoms with E-state index in [1.165, 1.54) is 12.8 Å². The summed E-state index contributed by atoms with van der Waals surface area (Å²) in [5.74, 6) is -0.857. The second-order valence-corrected chi connectivity index (χ2v) is 16.8. The van der Waals surface area contributed by atoms with Gasteiger partial charge in [0, 0.05) is 25.1 Å². The van der Waals surface area contributed by atoms with Crippen LogP contribution in [0.25, 0.3) is 0 Å². The Bertz CT molecular complexity index is 1200. The molecule has 12 heteroatoms. The molecule has 1 amide bonds. The van der Waals surface area contributed by atoms with Crippen molar-refractivity contribution in [1.29, 1.82) is 0 Å². The van der Waals surface area contributed by atoms with Crippen molar-refractivity contribution in [3.8, 4) is 0 Å². The molecule has 5 heterocycles. The molecule has 0 unspecified atom stereocenters. The number of alkyl carbamates (subject to hydrolysis) is 1. The van der Waals surface area contributed by atoms with Crippen LogP contribution >= 0.6 is 0 Å². The Morgan fingerprint density at radius 2 is 1.76 bits per heavy atom. The number of aliphatic hydroxyl groups excluding tert-OH is 1. The molecule has 49 heavy (non-hydrogen) atoms. The van der Waals surface area contributed by atoms with Crippen LogP contribution in [0.2, 0.25) is 0 Å². The average Bonchev–Trinajstić information content (AvgIpc) is 3.81. The normalized spacial score (nSPS) is 45.5. The summed E-state index contributed by atoms with van der Waals surface area (Å²) >= 11 is 0. The summed E-state index contributed by atoms with van der Waals surface area (Å²) in [6.07, 6.45) is 1.60. The van der Waals surface area contributed by atoms with Crippen molar-refractivity contribution in [2.45, 2.75) is 154 Å². The minimum absolute atomic E-state index is 0.0206. The number of ether oxygens (including phenoxy) is 5. The van der Waals surface area contributed by atoms with Gasteiger partial charge >= 0.3 is 12.1 Å². The van der Waals surface area contributed by atoms with E-state index in [9.17, 15) is 19.5 Å². The highest BCUT2D eigenvalue weighted by Gasteiger charge is 2.58. The van der Waals surface area contributed by atoms with Crippen molar-refractivity contribution in [1.82, 2.24) is 15.5 Å². The van der Waals surface area contributed by atoms with Gasteiger partial charge < -0.3 is 44.3 Å². The van der Waals surface area contributed by atoms with Crippen LogP contribution in [-0.4, -0.2) is 116 Å². The van der Waals surface area contributed by atoms with E-state index >= 15 is 0 Å². The lowest BCUT2D eigenvalue weighted by Gasteiger charge is -2.49. The van der Waals surface area contributed by atoms with E-state index in [1.807, 2.05) is 39.8 Å². The highest BCUT2D eigenvalue weighted by molar-refractivity contribution is 6.04. The molecule has 6 rings (SSSR count). The molecule has 3 N–H and O–H groups in total. The lowest BCUT2D eigenvalue weighted by atomic mass is 9.70. The van der Waals surface area contributed by atoms with Crippen molar-refractivity contribution in [3.05, 3.63) is 0 Å². The Kier molecular flexibility index (Phi) is 11.8. The van der Waals surface area contributed by atoms with E-state index < -0.39 is 59.2 Å². The molecule has 0 aromatic heterocycles. The number of amides is 1. The number of carbonyl (C=O) groups is 3. The van der Waals surface area contributed by atoms with Crippen molar-refractivity contribution >= 4 is 17.8 Å². The Balaban J connectivity index is 1.48. The van der Waals surface area contributed by atoms with E-state index in [0.717, 1.165) is 25.3 Å². The van der Waals surface area contributed by atoms with Crippen LogP contribution in [0.3, 0.4) is 0 Å². The van der Waals surface area contributed by atoms with E-state index in [1.54, 1.807) is 13.8 Å². The highest BCUT2D eigenvalue weighted by Crippen LogP contribution is 2.44. The second-order valence-electron chi connectivity index (χ2n) is 16.8. The molecule has 6 fully saturated rings. The van der Waals surface area contributed by atoms with Gasteiger partial charge in [0.1, 0.15) is 17.6 Å². The van der Waals surface area contributed by atoms with E-state index in [4.69, 9.17) is 23.7 Å². The third-order valence-corrected chi connectivity index (χ3v) is 12.3. The molecule has 2 bridgehead atoms. The maximum absolute atomic E-state index is 14.7. The van der Waals surface area contributed by atoms with Gasteiger partial charge in [0.2, 0.25) is 0 Å². The summed E-state index contributed by atoms with van der Waals surface area (Å²) in [6.45, 7) is 15.1. The number of rotatable bonds is 8. The van der Waals surface area contributed by atoms with Crippen LogP contribution in [0.5, 0.6) is 0 Å². The number of hydrogen-bond acceptors (Lipinski definition) is 11. The fraction of sp³-hybridized carbons (Fsp3) is 0.919. The first kappa shape index (κ1) is 38.4. The number of hydrogen-bond donors (Lipinski definition) is 3. The standard InChI is InChI=1S/C37H63N3O9/c1-10-27-37(7)29(39-34(44)49-37)22(3)12-11-21(2)18-36(6)31(23(4)30(42)35(5,15-16-45-36)33(43)47-27)48-32-28(41)26(40(8)9)17-25(46-32)20-38-19-24-13-14-24/h21-29,31-32,38,41H,10-20H2,1-9H3,(H,39,44)/t21-,22-,23-,25-,26-,27+,28+,29+,31+,32-,35-,36+,37+/m0/s1. The van der Waals surface area contributed by atoms with Gasteiger partial charge in [-0.15, -0.1) is 0 Å². The van der Waals surface area contributed by atoms with Crippen molar-refractivity contribution in [3.63, 3.8) is 0 Å². The topological polar surface area (TPSA) is 145 Å². The zero-order chi connectivity index (χ0) is 35.9. The minimum atomic E-state index is -1.54. The molecule has 0 radical (unpaired) electrons. The molecular weight excluding hydrogens is 630 g/mol. The molecule has 280 valence electrons. The van der Waals surface area contributed by atoms with Gasteiger partial charge in [-0.1, -0.05) is 34.1 Å². The van der Waals surface area contributed by atoms with Gasteiger partial charge in [0.05, 0.1) is 23.9 Å². The van der Waals surface area contributed by atoms with E-state index in [2.05, 4.69) is 24.5 Å². The number of aliphatic hydroxyl groups is 1. The van der Waals surface area contributed by atoms with Crippen LogP contribution in [-0.2, 0) is 33.3 Å². The summed E-state index contributed by atoms with van der Waals surface area (Å²) < 4.78 is 32.1. The molecule has 5 saturated heterocycles. The first-order valence-corrected chi connectivity index (χ1v) is 18.8. The van der Waals surface area contributed by atoms with Gasteiger partial charge in [-0.2, -0.15) is 0 Å². The molecule has 0 aromatic carbocycles. The van der Waals surface area contributed by atoms with Crippen molar-refractivity contribution < 1.29 is 43.2 Å². The Morgan fingerprint density at radius 1 is 1.04 bits per heavy atom. The van der Waals surface area contributed by atoms with Crippen LogP contribution in [0.15, 0.2) is 0 Å². The molecule has 6 aliphatic rings. The lowest BCUT2D eigenvalue weighted by molar-refractivity contribution is -0.301. The van der Waals surface area contributed by atoms with Crippen LogP contribution in [0.4, 0.5) is 4.79 Å². The predicted octanol–water partition coefficient (Wildman–Crippen LogP) is 3.81. The quantitative estimate of drug-likeness (QED) is 0.252. The number of fused-ring (bicyclic) bond motifs is 10. The van der Waals surface area contributed by atoms with Crippen LogP contribution in [0.1, 0.15) is 99.8 Å². The molecular formula is C37H63N3O9. The first-order valence-electron chi connectivity index (χ1n) is 18.8. The van der Waals surface area contributed by atoms with Gasteiger partial charge in [-0.3, -0.25) is 9.59 Å². The monoisotopic (exact) mass is 693 g/mol. The second kappa shape index (κ2) is 15.0. The third-order valence-electron chi connectivity index (χ3n) is 12.3. The highest BCUT2D eigenvalue weighted by atomic mass is 16.7. The van der Waals surface area contributed by atoms with Gasteiger partial charge in [-0.25, -0.2) is 4.79 Å². The minimum Gasteiger partial charge on any atom is -0.457 e. The number of likely N-dealkylation sites (N-methyl/N-ethyl adjacent to an activating group) is 1. The summed E-state index contributed by atoms with van der Waals surface area (Å²) in [7, 11) is 3.89. The van der Waals surface area contributed by atoms with Crippen LogP contribution in [0, 0.1) is 29.1 Å². The van der Waals surface area contributed by atoms with Crippen LogP contribution < -0.4 is 10.6 Å². The van der Waals surface area contributed by atoms with Crippen molar-refractivity contribution in [2.24, 2.45) is 29.1 Å². The maximum atomic E-state index is 14.7. The Morgan fingerprint density at radius 3 is 2.41 bits per heavy atom. The van der Waals surface area contributed by atoms with Crippen molar-refractivity contribution in [2.75, 3.05) is 33.8 Å². The Hall–Kier alpha value is -1.83. The fourth-order valence-corrected chi connectivity index (χ4v) is 9.00. The zero-order valence-electron chi connectivity index (χ0n) is 31.3. The lowest BCUT2D eigenvalue weighted by Crippen LogP contribution is -2.62. The molecule has 1 saturated carbocycles.